The number of Topliss-reactive ketones (excluding diaryl/α,β-unsaturated/α-hetero) is 2. The summed E-state index contributed by atoms with van der Waals surface area (Å²) in [6.45, 7) is 3.60. The monoisotopic (exact) mass is 268 g/mol. The van der Waals surface area contributed by atoms with Gasteiger partial charge in [-0.15, -0.1) is 0 Å². The van der Waals surface area contributed by atoms with E-state index in [4.69, 9.17) is 0 Å². The van der Waals surface area contributed by atoms with Gasteiger partial charge in [-0.25, -0.2) is 0 Å². The second-order valence-corrected chi connectivity index (χ2v) is 4.56. The molecule has 0 fully saturated rings. The maximum absolute atomic E-state index is 11.7. The van der Waals surface area contributed by atoms with Gasteiger partial charge in [0.15, 0.2) is 5.78 Å². The van der Waals surface area contributed by atoms with Crippen molar-refractivity contribution in [1.82, 2.24) is 0 Å². The molecule has 0 saturated heterocycles. The molecule has 0 aliphatic carbocycles. The van der Waals surface area contributed by atoms with E-state index in [9.17, 15) is 9.59 Å². The number of halogens is 1. The Bertz CT molecular complexity index is 383. The van der Waals surface area contributed by atoms with E-state index >= 15 is 0 Å². The summed E-state index contributed by atoms with van der Waals surface area (Å²) >= 11 is 3.29. The van der Waals surface area contributed by atoms with Crippen LogP contribution in [0.25, 0.3) is 0 Å². The molecular formula is C12H13BrO2. The number of rotatable bonds is 4. The van der Waals surface area contributed by atoms with Gasteiger partial charge in [0.2, 0.25) is 0 Å². The third-order valence-corrected chi connectivity index (χ3v) is 2.84. The van der Waals surface area contributed by atoms with Crippen LogP contribution in [0.3, 0.4) is 0 Å². The molecule has 0 amide bonds. The normalized spacial score (nSPS) is 10.4. The second-order valence-electron chi connectivity index (χ2n) is 3.70. The van der Waals surface area contributed by atoms with Crippen molar-refractivity contribution in [3.05, 3.63) is 34.3 Å². The molecule has 0 atom stereocenters. The molecule has 1 rings (SSSR count). The van der Waals surface area contributed by atoms with Crippen LogP contribution in [0.15, 0.2) is 28.7 Å². The largest absolute Gasteiger partial charge is 0.299 e. The minimum absolute atomic E-state index is 0.0136. The quantitative estimate of drug-likeness (QED) is 0.621. The molecule has 0 heterocycles. The van der Waals surface area contributed by atoms with Crippen LogP contribution in [-0.2, 0) is 4.79 Å². The first-order valence-electron chi connectivity index (χ1n) is 4.83. The zero-order chi connectivity index (χ0) is 11.4. The highest BCUT2D eigenvalue weighted by Crippen LogP contribution is 2.18. The van der Waals surface area contributed by atoms with E-state index in [2.05, 4.69) is 15.9 Å². The van der Waals surface area contributed by atoms with E-state index in [1.165, 1.54) is 0 Å². The number of hydrogen-bond donors (Lipinski definition) is 0. The third-order valence-electron chi connectivity index (χ3n) is 2.15. The standard InChI is InChI=1S/C12H13BrO2/c1-8(2)11(14)7-12(15)9-5-3-4-6-10(9)13/h3-6,8H,7H2,1-2H3. The van der Waals surface area contributed by atoms with Crippen LogP contribution in [0, 0.1) is 5.92 Å². The lowest BCUT2D eigenvalue weighted by Crippen LogP contribution is -2.13. The molecule has 0 bridgehead atoms. The van der Waals surface area contributed by atoms with Crippen LogP contribution in [-0.4, -0.2) is 11.6 Å². The second kappa shape index (κ2) is 5.21. The molecule has 3 heteroatoms. The van der Waals surface area contributed by atoms with Gasteiger partial charge in [0.1, 0.15) is 5.78 Å². The summed E-state index contributed by atoms with van der Waals surface area (Å²) < 4.78 is 0.742. The molecule has 80 valence electrons. The predicted octanol–water partition coefficient (Wildman–Crippen LogP) is 3.25. The maximum atomic E-state index is 11.7. The molecular weight excluding hydrogens is 256 g/mol. The summed E-state index contributed by atoms with van der Waals surface area (Å²) in [5, 5.41) is 0. The SMILES string of the molecule is CC(C)C(=O)CC(=O)c1ccccc1Br. The van der Waals surface area contributed by atoms with E-state index in [-0.39, 0.29) is 23.9 Å². The van der Waals surface area contributed by atoms with Crippen LogP contribution in [0.1, 0.15) is 30.6 Å². The smallest absolute Gasteiger partial charge is 0.171 e. The highest BCUT2D eigenvalue weighted by Gasteiger charge is 2.15. The Morgan fingerprint density at radius 2 is 1.87 bits per heavy atom. The van der Waals surface area contributed by atoms with Gasteiger partial charge in [0, 0.05) is 16.0 Å². The van der Waals surface area contributed by atoms with Gasteiger partial charge in [0.05, 0.1) is 6.42 Å². The predicted molar refractivity (Wildman–Crippen MR) is 62.9 cm³/mol. The zero-order valence-corrected chi connectivity index (χ0v) is 10.4. The van der Waals surface area contributed by atoms with Crippen molar-refractivity contribution >= 4 is 27.5 Å². The zero-order valence-electron chi connectivity index (χ0n) is 8.79. The highest BCUT2D eigenvalue weighted by atomic mass is 79.9. The molecule has 0 N–H and O–H groups in total. The molecule has 0 radical (unpaired) electrons. The number of hydrogen-bond acceptors (Lipinski definition) is 2. The molecule has 0 aliphatic heterocycles. The Labute approximate surface area is 97.8 Å². The molecule has 0 aromatic heterocycles. The summed E-state index contributed by atoms with van der Waals surface area (Å²) in [4.78, 5) is 23.1. The first-order chi connectivity index (χ1) is 7.02. The Morgan fingerprint density at radius 3 is 2.40 bits per heavy atom. The third kappa shape index (κ3) is 3.27. The van der Waals surface area contributed by atoms with Crippen LogP contribution >= 0.6 is 15.9 Å². The maximum Gasteiger partial charge on any atom is 0.171 e. The molecule has 0 unspecified atom stereocenters. The highest BCUT2D eigenvalue weighted by molar-refractivity contribution is 9.10. The minimum Gasteiger partial charge on any atom is -0.299 e. The lowest BCUT2D eigenvalue weighted by Gasteiger charge is -2.04. The van der Waals surface area contributed by atoms with Crippen LogP contribution in [0.4, 0.5) is 0 Å². The van der Waals surface area contributed by atoms with Crippen molar-refractivity contribution in [2.75, 3.05) is 0 Å². The molecule has 0 saturated carbocycles. The van der Waals surface area contributed by atoms with Crippen molar-refractivity contribution in [1.29, 1.82) is 0 Å². The van der Waals surface area contributed by atoms with E-state index in [1.807, 2.05) is 6.07 Å². The van der Waals surface area contributed by atoms with Crippen molar-refractivity contribution in [2.45, 2.75) is 20.3 Å². The van der Waals surface area contributed by atoms with Gasteiger partial charge in [-0.1, -0.05) is 48.0 Å². The van der Waals surface area contributed by atoms with Crippen LogP contribution < -0.4 is 0 Å². The molecule has 15 heavy (non-hydrogen) atoms. The molecule has 0 aliphatic rings. The molecule has 2 nitrogen and oxygen atoms in total. The van der Waals surface area contributed by atoms with Gasteiger partial charge in [-0.2, -0.15) is 0 Å². The average Bonchev–Trinajstić information content (AvgIpc) is 2.18. The number of benzene rings is 1. The lowest BCUT2D eigenvalue weighted by atomic mass is 10.00. The minimum atomic E-state index is -0.124. The van der Waals surface area contributed by atoms with Gasteiger partial charge in [0.25, 0.3) is 0 Å². The van der Waals surface area contributed by atoms with E-state index in [0.29, 0.717) is 5.56 Å². The fourth-order valence-corrected chi connectivity index (χ4v) is 1.65. The average molecular weight is 269 g/mol. The number of ketones is 2. The summed E-state index contributed by atoms with van der Waals surface area (Å²) in [5.41, 5.74) is 0.575. The van der Waals surface area contributed by atoms with Crippen molar-refractivity contribution in [2.24, 2.45) is 5.92 Å². The fraction of sp³-hybridized carbons (Fsp3) is 0.333. The van der Waals surface area contributed by atoms with Crippen LogP contribution in [0.5, 0.6) is 0 Å². The number of carbonyl (C=O) groups excluding carboxylic acids is 2. The fourth-order valence-electron chi connectivity index (χ4n) is 1.14. The van der Waals surface area contributed by atoms with Crippen molar-refractivity contribution < 1.29 is 9.59 Å². The number of carbonyl (C=O) groups is 2. The molecule has 1 aromatic rings. The molecule has 1 aromatic carbocycles. The van der Waals surface area contributed by atoms with E-state index < -0.39 is 0 Å². The Morgan fingerprint density at radius 1 is 1.27 bits per heavy atom. The lowest BCUT2D eigenvalue weighted by molar-refractivity contribution is -0.121. The van der Waals surface area contributed by atoms with Gasteiger partial charge < -0.3 is 0 Å². The van der Waals surface area contributed by atoms with Crippen molar-refractivity contribution in [3.63, 3.8) is 0 Å². The first kappa shape index (κ1) is 12.1. The summed E-state index contributed by atoms with van der Waals surface area (Å²) in [5.74, 6) is -0.228. The van der Waals surface area contributed by atoms with Gasteiger partial charge in [-0.05, 0) is 6.07 Å². The van der Waals surface area contributed by atoms with Crippen molar-refractivity contribution in [3.8, 4) is 0 Å². The van der Waals surface area contributed by atoms with E-state index in [0.717, 1.165) is 4.47 Å². The summed E-state index contributed by atoms with van der Waals surface area (Å²) in [6.07, 6.45) is -0.0136. The Kier molecular flexibility index (Phi) is 4.21. The first-order valence-corrected chi connectivity index (χ1v) is 5.62. The molecule has 0 spiro atoms. The summed E-state index contributed by atoms with van der Waals surface area (Å²) in [6, 6.07) is 7.15. The van der Waals surface area contributed by atoms with Gasteiger partial charge >= 0.3 is 0 Å². The van der Waals surface area contributed by atoms with Crippen LogP contribution in [0.2, 0.25) is 0 Å². The Hall–Kier alpha value is -0.960. The topological polar surface area (TPSA) is 34.1 Å². The van der Waals surface area contributed by atoms with Gasteiger partial charge in [-0.3, -0.25) is 9.59 Å². The summed E-state index contributed by atoms with van der Waals surface area (Å²) in [7, 11) is 0. The Balaban J connectivity index is 2.79. The van der Waals surface area contributed by atoms with E-state index in [1.54, 1.807) is 32.0 Å².